The minimum absolute atomic E-state index is 0.114. The number of hydrogen-bond acceptors (Lipinski definition) is 3. The zero-order valence-electron chi connectivity index (χ0n) is 13.1. The summed E-state index contributed by atoms with van der Waals surface area (Å²) in [4.78, 5) is 25.1. The van der Waals surface area contributed by atoms with E-state index >= 15 is 0 Å². The molecule has 3 rings (SSSR count). The molecule has 1 heterocycles. The van der Waals surface area contributed by atoms with Crippen LogP contribution in [0, 0.1) is 5.92 Å². The molecule has 0 N–H and O–H groups in total. The van der Waals surface area contributed by atoms with Crippen molar-refractivity contribution >= 4 is 28.5 Å². The van der Waals surface area contributed by atoms with E-state index in [4.69, 9.17) is 0 Å². The van der Waals surface area contributed by atoms with E-state index in [1.165, 1.54) is 17.3 Å². The Morgan fingerprint density at radius 2 is 1.74 bits per heavy atom. The molecule has 0 saturated carbocycles. The molecule has 0 bridgehead atoms. The molecule has 1 aliphatic rings. The Balaban J connectivity index is 1.70. The summed E-state index contributed by atoms with van der Waals surface area (Å²) in [7, 11) is 0. The van der Waals surface area contributed by atoms with E-state index in [0.717, 1.165) is 17.0 Å². The summed E-state index contributed by atoms with van der Waals surface area (Å²) in [6.07, 6.45) is 0.528. The van der Waals surface area contributed by atoms with Gasteiger partial charge in [0.2, 0.25) is 5.91 Å². The normalized spacial score (nSPS) is 17.5. The SMILES string of the molecule is CC(=O)SCC1CC(=O)N(c2ccc(-c3ccccc3)cc2)C1. The Kier molecular flexibility index (Phi) is 4.82. The lowest BCUT2D eigenvalue weighted by molar-refractivity contribution is -0.117. The standard InChI is InChI=1S/C19H19NO2S/c1-14(21)23-13-15-11-19(22)20(12-15)18-9-7-17(8-10-18)16-5-3-2-4-6-16/h2-10,15H,11-13H2,1H3. The van der Waals surface area contributed by atoms with Gasteiger partial charge in [-0.3, -0.25) is 9.59 Å². The Labute approximate surface area is 140 Å². The molecular formula is C19H19NO2S. The Hall–Kier alpha value is -2.07. The van der Waals surface area contributed by atoms with E-state index < -0.39 is 0 Å². The number of carbonyl (C=O) groups excluding carboxylic acids is 2. The topological polar surface area (TPSA) is 37.4 Å². The molecule has 4 heteroatoms. The van der Waals surface area contributed by atoms with Crippen LogP contribution in [0.25, 0.3) is 11.1 Å². The van der Waals surface area contributed by atoms with Crippen molar-refractivity contribution in [3.05, 3.63) is 54.6 Å². The summed E-state index contributed by atoms with van der Waals surface area (Å²) in [5, 5.41) is 0.114. The number of hydrogen-bond donors (Lipinski definition) is 0. The molecule has 0 aliphatic carbocycles. The van der Waals surface area contributed by atoms with Crippen LogP contribution < -0.4 is 4.90 Å². The van der Waals surface area contributed by atoms with Crippen LogP contribution in [0.1, 0.15) is 13.3 Å². The second kappa shape index (κ2) is 7.01. The molecular weight excluding hydrogens is 306 g/mol. The maximum atomic E-state index is 12.2. The average Bonchev–Trinajstić information content (AvgIpc) is 2.95. The maximum absolute atomic E-state index is 12.2. The smallest absolute Gasteiger partial charge is 0.227 e. The van der Waals surface area contributed by atoms with Gasteiger partial charge in [-0.25, -0.2) is 0 Å². The van der Waals surface area contributed by atoms with Crippen LogP contribution in [0.5, 0.6) is 0 Å². The molecule has 0 aromatic heterocycles. The van der Waals surface area contributed by atoms with Gasteiger partial charge in [-0.15, -0.1) is 0 Å². The van der Waals surface area contributed by atoms with Gasteiger partial charge in [-0.2, -0.15) is 0 Å². The molecule has 1 atom stereocenters. The molecule has 0 radical (unpaired) electrons. The number of thioether (sulfide) groups is 1. The highest BCUT2D eigenvalue weighted by molar-refractivity contribution is 8.13. The fourth-order valence-electron chi connectivity index (χ4n) is 2.84. The summed E-state index contributed by atoms with van der Waals surface area (Å²) >= 11 is 1.31. The zero-order valence-corrected chi connectivity index (χ0v) is 13.9. The summed E-state index contributed by atoms with van der Waals surface area (Å²) in [6.45, 7) is 2.27. The summed E-state index contributed by atoms with van der Waals surface area (Å²) in [6, 6.07) is 18.3. The Morgan fingerprint density at radius 1 is 1.09 bits per heavy atom. The zero-order chi connectivity index (χ0) is 16.2. The predicted octanol–water partition coefficient (Wildman–Crippen LogP) is 3.99. The van der Waals surface area contributed by atoms with Gasteiger partial charge in [-0.05, 0) is 29.2 Å². The molecule has 23 heavy (non-hydrogen) atoms. The third kappa shape index (κ3) is 3.82. The van der Waals surface area contributed by atoms with Crippen molar-refractivity contribution in [2.75, 3.05) is 17.2 Å². The van der Waals surface area contributed by atoms with Gasteiger partial charge in [0.15, 0.2) is 5.12 Å². The van der Waals surface area contributed by atoms with Gasteiger partial charge in [0.05, 0.1) is 0 Å². The monoisotopic (exact) mass is 325 g/mol. The molecule has 1 saturated heterocycles. The van der Waals surface area contributed by atoms with Crippen molar-refractivity contribution in [3.8, 4) is 11.1 Å². The number of anilines is 1. The lowest BCUT2D eigenvalue weighted by Gasteiger charge is -2.17. The lowest BCUT2D eigenvalue weighted by atomic mass is 10.1. The average molecular weight is 325 g/mol. The molecule has 1 unspecified atom stereocenters. The molecule has 118 valence electrons. The first-order valence-corrected chi connectivity index (χ1v) is 8.71. The van der Waals surface area contributed by atoms with E-state index in [9.17, 15) is 9.59 Å². The van der Waals surface area contributed by atoms with Crippen LogP contribution >= 0.6 is 11.8 Å². The van der Waals surface area contributed by atoms with Crippen LogP contribution in [0.4, 0.5) is 5.69 Å². The van der Waals surface area contributed by atoms with Gasteiger partial charge >= 0.3 is 0 Å². The van der Waals surface area contributed by atoms with E-state index in [1.54, 1.807) is 6.92 Å². The van der Waals surface area contributed by atoms with Crippen molar-refractivity contribution in [2.45, 2.75) is 13.3 Å². The van der Waals surface area contributed by atoms with E-state index in [2.05, 4.69) is 24.3 Å². The largest absolute Gasteiger partial charge is 0.312 e. The van der Waals surface area contributed by atoms with Crippen LogP contribution in [0.3, 0.4) is 0 Å². The number of carbonyl (C=O) groups is 2. The highest BCUT2D eigenvalue weighted by Gasteiger charge is 2.30. The van der Waals surface area contributed by atoms with Crippen LogP contribution in [-0.4, -0.2) is 23.3 Å². The van der Waals surface area contributed by atoms with Crippen molar-refractivity contribution in [2.24, 2.45) is 5.92 Å². The molecule has 3 nitrogen and oxygen atoms in total. The van der Waals surface area contributed by atoms with Gasteiger partial charge in [0.1, 0.15) is 0 Å². The first-order chi connectivity index (χ1) is 11.1. The minimum Gasteiger partial charge on any atom is -0.312 e. The molecule has 1 aliphatic heterocycles. The van der Waals surface area contributed by atoms with E-state index in [1.807, 2.05) is 35.2 Å². The third-order valence-electron chi connectivity index (χ3n) is 4.01. The van der Waals surface area contributed by atoms with E-state index in [-0.39, 0.29) is 16.9 Å². The number of nitrogens with zero attached hydrogens (tertiary/aromatic N) is 1. The second-order valence-electron chi connectivity index (χ2n) is 5.79. The summed E-state index contributed by atoms with van der Waals surface area (Å²) in [5.74, 6) is 1.12. The summed E-state index contributed by atoms with van der Waals surface area (Å²) < 4.78 is 0. The maximum Gasteiger partial charge on any atom is 0.227 e. The first-order valence-electron chi connectivity index (χ1n) is 7.72. The highest BCUT2D eigenvalue weighted by Crippen LogP contribution is 2.29. The Bertz CT molecular complexity index is 697. The van der Waals surface area contributed by atoms with Gasteiger partial charge < -0.3 is 4.90 Å². The van der Waals surface area contributed by atoms with Crippen molar-refractivity contribution in [3.63, 3.8) is 0 Å². The van der Waals surface area contributed by atoms with E-state index in [0.29, 0.717) is 13.0 Å². The lowest BCUT2D eigenvalue weighted by Crippen LogP contribution is -2.24. The molecule has 1 amide bonds. The van der Waals surface area contributed by atoms with Crippen LogP contribution in [-0.2, 0) is 9.59 Å². The fourth-order valence-corrected chi connectivity index (χ4v) is 3.54. The predicted molar refractivity (Wildman–Crippen MR) is 95.5 cm³/mol. The van der Waals surface area contributed by atoms with Crippen molar-refractivity contribution < 1.29 is 9.59 Å². The van der Waals surface area contributed by atoms with Crippen LogP contribution in [0.15, 0.2) is 54.6 Å². The first kappa shape index (κ1) is 15.8. The number of benzene rings is 2. The highest BCUT2D eigenvalue weighted by atomic mass is 32.2. The Morgan fingerprint density at radius 3 is 2.39 bits per heavy atom. The fraction of sp³-hybridized carbons (Fsp3) is 0.263. The third-order valence-corrected chi connectivity index (χ3v) is 5.06. The van der Waals surface area contributed by atoms with Crippen molar-refractivity contribution in [1.29, 1.82) is 0 Å². The number of rotatable bonds is 4. The van der Waals surface area contributed by atoms with Gasteiger partial charge in [-0.1, -0.05) is 54.2 Å². The van der Waals surface area contributed by atoms with Gasteiger partial charge in [0, 0.05) is 31.3 Å². The quantitative estimate of drug-likeness (QED) is 0.853. The second-order valence-corrected chi connectivity index (χ2v) is 6.99. The van der Waals surface area contributed by atoms with Crippen LogP contribution in [0.2, 0.25) is 0 Å². The minimum atomic E-state index is 0.114. The van der Waals surface area contributed by atoms with Gasteiger partial charge in [0.25, 0.3) is 0 Å². The summed E-state index contributed by atoms with van der Waals surface area (Å²) in [5.41, 5.74) is 3.25. The molecule has 2 aromatic rings. The molecule has 0 spiro atoms. The molecule has 1 fully saturated rings. The van der Waals surface area contributed by atoms with Crippen molar-refractivity contribution in [1.82, 2.24) is 0 Å². The molecule has 2 aromatic carbocycles. The number of amides is 1.